The van der Waals surface area contributed by atoms with Crippen LogP contribution in [-0.4, -0.2) is 23.4 Å². The molecule has 1 fully saturated rings. The van der Waals surface area contributed by atoms with Gasteiger partial charge in [0, 0.05) is 19.0 Å². The molecule has 0 saturated carbocycles. The first-order valence-corrected chi connectivity index (χ1v) is 7.24. The summed E-state index contributed by atoms with van der Waals surface area (Å²) < 4.78 is 0. The SMILES string of the molecule is CC(N)CC(=O)N1CCCC1c1ccc(Cl)c(Cl)c1.Cl. The highest BCUT2D eigenvalue weighted by atomic mass is 35.5. The van der Waals surface area contributed by atoms with Crippen molar-refractivity contribution in [2.75, 3.05) is 6.54 Å². The van der Waals surface area contributed by atoms with E-state index in [4.69, 9.17) is 28.9 Å². The monoisotopic (exact) mass is 336 g/mol. The lowest BCUT2D eigenvalue weighted by molar-refractivity contribution is -0.132. The summed E-state index contributed by atoms with van der Waals surface area (Å²) in [7, 11) is 0. The second-order valence-corrected chi connectivity index (χ2v) is 5.91. The standard InChI is InChI=1S/C14H18Cl2N2O.ClH/c1-9(17)7-14(19)18-6-2-3-13(18)10-4-5-11(15)12(16)8-10;/h4-5,8-9,13H,2-3,6-7,17H2,1H3;1H. The smallest absolute Gasteiger partial charge is 0.224 e. The number of carbonyl (C=O) groups is 1. The van der Waals surface area contributed by atoms with Gasteiger partial charge in [-0.1, -0.05) is 29.3 Å². The molecule has 1 aromatic rings. The van der Waals surface area contributed by atoms with Crippen molar-refractivity contribution < 1.29 is 4.79 Å². The topological polar surface area (TPSA) is 46.3 Å². The van der Waals surface area contributed by atoms with Crippen molar-refractivity contribution in [1.82, 2.24) is 4.90 Å². The molecule has 0 aliphatic carbocycles. The maximum Gasteiger partial charge on any atom is 0.224 e. The van der Waals surface area contributed by atoms with Crippen LogP contribution in [-0.2, 0) is 4.79 Å². The molecule has 1 saturated heterocycles. The first-order chi connectivity index (χ1) is 8.99. The van der Waals surface area contributed by atoms with E-state index in [1.54, 1.807) is 6.07 Å². The van der Waals surface area contributed by atoms with Crippen LogP contribution < -0.4 is 5.73 Å². The van der Waals surface area contributed by atoms with Crippen LogP contribution in [0, 0.1) is 0 Å². The zero-order valence-corrected chi connectivity index (χ0v) is 13.6. The van der Waals surface area contributed by atoms with E-state index < -0.39 is 0 Å². The van der Waals surface area contributed by atoms with Crippen molar-refractivity contribution in [1.29, 1.82) is 0 Å². The summed E-state index contributed by atoms with van der Waals surface area (Å²) in [6.07, 6.45) is 2.36. The molecule has 3 nitrogen and oxygen atoms in total. The Morgan fingerprint density at radius 3 is 2.75 bits per heavy atom. The number of hydrogen-bond donors (Lipinski definition) is 1. The molecule has 0 bridgehead atoms. The van der Waals surface area contributed by atoms with Crippen molar-refractivity contribution in [2.45, 2.75) is 38.3 Å². The highest BCUT2D eigenvalue weighted by molar-refractivity contribution is 6.42. The molecule has 1 aliphatic heterocycles. The Balaban J connectivity index is 0.00000200. The van der Waals surface area contributed by atoms with Crippen LogP contribution in [0.2, 0.25) is 10.0 Å². The van der Waals surface area contributed by atoms with Gasteiger partial charge in [-0.15, -0.1) is 12.4 Å². The van der Waals surface area contributed by atoms with Crippen LogP contribution in [0.3, 0.4) is 0 Å². The third-order valence-corrected chi connectivity index (χ3v) is 4.14. The van der Waals surface area contributed by atoms with Gasteiger partial charge in [0.1, 0.15) is 0 Å². The number of amides is 1. The molecule has 2 N–H and O–H groups in total. The molecule has 0 spiro atoms. The Bertz CT molecular complexity index is 479. The molecule has 1 amide bonds. The van der Waals surface area contributed by atoms with E-state index in [0.29, 0.717) is 16.5 Å². The van der Waals surface area contributed by atoms with E-state index in [1.165, 1.54) is 0 Å². The number of rotatable bonds is 3. The molecule has 112 valence electrons. The number of hydrogen-bond acceptors (Lipinski definition) is 2. The number of carbonyl (C=O) groups excluding carboxylic acids is 1. The molecule has 0 radical (unpaired) electrons. The second kappa shape index (κ2) is 7.51. The number of benzene rings is 1. The summed E-state index contributed by atoms with van der Waals surface area (Å²) in [4.78, 5) is 14.1. The summed E-state index contributed by atoms with van der Waals surface area (Å²) in [5.74, 6) is 0.114. The highest BCUT2D eigenvalue weighted by Gasteiger charge is 2.30. The average Bonchev–Trinajstić information content (AvgIpc) is 2.81. The van der Waals surface area contributed by atoms with Gasteiger partial charge in [-0.3, -0.25) is 4.79 Å². The lowest BCUT2D eigenvalue weighted by atomic mass is 10.0. The number of nitrogens with two attached hydrogens (primary N) is 1. The molecular formula is C14H19Cl3N2O. The van der Waals surface area contributed by atoms with Crippen LogP contribution in [0.25, 0.3) is 0 Å². The quantitative estimate of drug-likeness (QED) is 0.911. The van der Waals surface area contributed by atoms with E-state index in [9.17, 15) is 4.79 Å². The molecule has 6 heteroatoms. The molecule has 20 heavy (non-hydrogen) atoms. The molecule has 2 unspecified atom stereocenters. The third kappa shape index (κ3) is 4.01. The minimum Gasteiger partial charge on any atom is -0.336 e. The Morgan fingerprint density at radius 1 is 1.45 bits per heavy atom. The normalized spacial score (nSPS) is 19.6. The lowest BCUT2D eigenvalue weighted by Crippen LogP contribution is -2.34. The first kappa shape index (κ1) is 17.6. The van der Waals surface area contributed by atoms with E-state index >= 15 is 0 Å². The van der Waals surface area contributed by atoms with Crippen molar-refractivity contribution in [2.24, 2.45) is 5.73 Å². The molecule has 2 atom stereocenters. The van der Waals surface area contributed by atoms with Gasteiger partial charge in [0.25, 0.3) is 0 Å². The molecular weight excluding hydrogens is 319 g/mol. The van der Waals surface area contributed by atoms with Crippen LogP contribution >= 0.6 is 35.6 Å². The van der Waals surface area contributed by atoms with Crippen molar-refractivity contribution in [3.05, 3.63) is 33.8 Å². The van der Waals surface area contributed by atoms with Crippen LogP contribution in [0.5, 0.6) is 0 Å². The average molecular weight is 338 g/mol. The largest absolute Gasteiger partial charge is 0.336 e. The Kier molecular flexibility index (Phi) is 6.59. The van der Waals surface area contributed by atoms with Crippen LogP contribution in [0.1, 0.15) is 37.8 Å². The van der Waals surface area contributed by atoms with Gasteiger partial charge in [-0.05, 0) is 37.5 Å². The van der Waals surface area contributed by atoms with Gasteiger partial charge in [-0.25, -0.2) is 0 Å². The first-order valence-electron chi connectivity index (χ1n) is 6.49. The predicted octanol–water partition coefficient (Wildman–Crippen LogP) is 3.82. The molecule has 2 rings (SSSR count). The zero-order chi connectivity index (χ0) is 14.0. The number of halogens is 3. The Labute approximate surface area is 135 Å². The minimum atomic E-state index is -0.109. The van der Waals surface area contributed by atoms with Crippen LogP contribution in [0.4, 0.5) is 0 Å². The van der Waals surface area contributed by atoms with E-state index in [2.05, 4.69) is 0 Å². The van der Waals surface area contributed by atoms with E-state index in [-0.39, 0.29) is 30.4 Å². The van der Waals surface area contributed by atoms with Gasteiger partial charge >= 0.3 is 0 Å². The van der Waals surface area contributed by atoms with Gasteiger partial charge in [-0.2, -0.15) is 0 Å². The Hall–Kier alpha value is -0.480. The fourth-order valence-electron chi connectivity index (χ4n) is 2.52. The predicted molar refractivity (Wildman–Crippen MR) is 85.7 cm³/mol. The van der Waals surface area contributed by atoms with Crippen molar-refractivity contribution >= 4 is 41.5 Å². The summed E-state index contributed by atoms with van der Waals surface area (Å²) in [6, 6.07) is 5.57. The van der Waals surface area contributed by atoms with Gasteiger partial charge in [0.15, 0.2) is 0 Å². The lowest BCUT2D eigenvalue weighted by Gasteiger charge is -2.26. The number of likely N-dealkylation sites (tertiary alicyclic amines) is 1. The minimum absolute atomic E-state index is 0. The van der Waals surface area contributed by atoms with E-state index in [1.807, 2.05) is 24.0 Å². The fraction of sp³-hybridized carbons (Fsp3) is 0.500. The Morgan fingerprint density at radius 2 is 2.15 bits per heavy atom. The number of nitrogens with zero attached hydrogens (tertiary/aromatic N) is 1. The molecule has 1 heterocycles. The summed E-state index contributed by atoms with van der Waals surface area (Å²) >= 11 is 12.0. The van der Waals surface area contributed by atoms with E-state index in [0.717, 1.165) is 24.9 Å². The summed E-state index contributed by atoms with van der Waals surface area (Å²) in [6.45, 7) is 2.64. The summed E-state index contributed by atoms with van der Waals surface area (Å²) in [5, 5.41) is 1.07. The maximum absolute atomic E-state index is 12.2. The van der Waals surface area contributed by atoms with Crippen molar-refractivity contribution in [3.63, 3.8) is 0 Å². The van der Waals surface area contributed by atoms with Crippen LogP contribution in [0.15, 0.2) is 18.2 Å². The van der Waals surface area contributed by atoms with Gasteiger partial charge < -0.3 is 10.6 Å². The summed E-state index contributed by atoms with van der Waals surface area (Å²) in [5.41, 5.74) is 6.75. The maximum atomic E-state index is 12.2. The molecule has 1 aliphatic rings. The fourth-order valence-corrected chi connectivity index (χ4v) is 2.83. The third-order valence-electron chi connectivity index (χ3n) is 3.40. The van der Waals surface area contributed by atoms with Gasteiger partial charge in [0.05, 0.1) is 16.1 Å². The molecule has 1 aromatic carbocycles. The highest BCUT2D eigenvalue weighted by Crippen LogP contribution is 2.35. The second-order valence-electron chi connectivity index (χ2n) is 5.10. The molecule has 0 aromatic heterocycles. The van der Waals surface area contributed by atoms with Gasteiger partial charge in [0.2, 0.25) is 5.91 Å². The van der Waals surface area contributed by atoms with Crippen molar-refractivity contribution in [3.8, 4) is 0 Å². The zero-order valence-electron chi connectivity index (χ0n) is 11.3.